The number of nitrogens with one attached hydrogen (secondary N) is 1. The van der Waals surface area contributed by atoms with E-state index >= 15 is 0 Å². The van der Waals surface area contributed by atoms with Crippen molar-refractivity contribution in [3.05, 3.63) is 65.5 Å². The smallest absolute Gasteiger partial charge is 0.344 e. The topological polar surface area (TPSA) is 100 Å². The van der Waals surface area contributed by atoms with Gasteiger partial charge in [0.25, 0.3) is 5.91 Å². The first kappa shape index (κ1) is 23.8. The molecule has 9 heteroatoms. The third kappa shape index (κ3) is 6.33. The van der Waals surface area contributed by atoms with Gasteiger partial charge in [-0.2, -0.15) is 0 Å². The number of ether oxygens (including phenoxy) is 4. The van der Waals surface area contributed by atoms with Crippen LogP contribution in [0.3, 0.4) is 0 Å². The van der Waals surface area contributed by atoms with Crippen molar-refractivity contribution < 1.29 is 33.3 Å². The lowest BCUT2D eigenvalue weighted by Gasteiger charge is -2.11. The molecule has 172 valence electrons. The average Bonchev–Trinajstić information content (AvgIpc) is 3.25. The minimum Gasteiger partial charge on any atom is -0.493 e. The molecule has 1 heterocycles. The van der Waals surface area contributed by atoms with Gasteiger partial charge in [0, 0.05) is 10.9 Å². The Morgan fingerprint density at radius 3 is 2.30 bits per heavy atom. The summed E-state index contributed by atoms with van der Waals surface area (Å²) in [6.45, 7) is 0.977. The van der Waals surface area contributed by atoms with Crippen LogP contribution in [-0.4, -0.2) is 44.8 Å². The molecule has 33 heavy (non-hydrogen) atoms. The summed E-state index contributed by atoms with van der Waals surface area (Å²) < 4.78 is 20.7. The van der Waals surface area contributed by atoms with Gasteiger partial charge in [-0.25, -0.2) is 9.59 Å². The van der Waals surface area contributed by atoms with Crippen LogP contribution >= 0.6 is 11.3 Å². The quantitative estimate of drug-likeness (QED) is 0.445. The largest absolute Gasteiger partial charge is 0.493 e. The van der Waals surface area contributed by atoms with E-state index in [9.17, 15) is 14.4 Å². The molecule has 0 bridgehead atoms. The number of para-hydroxylation sites is 2. The standard InChI is InChI=1S/C24H23NO7S/c1-3-30-24(28)22-17(16-9-5-4-6-10-16)15-33-23(22)25-20(26)13-32-21(27)14-31-19-12-8-7-11-18(19)29-2/h4-12,15H,3,13-14H2,1-2H3,(H,25,26). The molecule has 0 radical (unpaired) electrons. The Morgan fingerprint density at radius 1 is 0.909 bits per heavy atom. The Morgan fingerprint density at radius 2 is 1.61 bits per heavy atom. The molecule has 2 aromatic carbocycles. The van der Waals surface area contributed by atoms with E-state index in [4.69, 9.17) is 18.9 Å². The van der Waals surface area contributed by atoms with Gasteiger partial charge in [0.15, 0.2) is 24.7 Å². The molecule has 0 saturated carbocycles. The van der Waals surface area contributed by atoms with Gasteiger partial charge in [0.2, 0.25) is 0 Å². The van der Waals surface area contributed by atoms with Crippen molar-refractivity contribution in [3.63, 3.8) is 0 Å². The van der Waals surface area contributed by atoms with Crippen LogP contribution in [0.2, 0.25) is 0 Å². The van der Waals surface area contributed by atoms with Crippen LogP contribution in [-0.2, 0) is 19.1 Å². The van der Waals surface area contributed by atoms with E-state index in [-0.39, 0.29) is 18.8 Å². The molecule has 0 unspecified atom stereocenters. The van der Waals surface area contributed by atoms with Gasteiger partial charge >= 0.3 is 11.9 Å². The summed E-state index contributed by atoms with van der Waals surface area (Å²) in [5.41, 5.74) is 1.72. The lowest BCUT2D eigenvalue weighted by atomic mass is 10.0. The number of hydrogen-bond acceptors (Lipinski definition) is 8. The van der Waals surface area contributed by atoms with Crippen LogP contribution in [0.25, 0.3) is 11.1 Å². The molecule has 8 nitrogen and oxygen atoms in total. The van der Waals surface area contributed by atoms with Gasteiger partial charge in [0.05, 0.1) is 13.7 Å². The molecule has 1 N–H and O–H groups in total. The molecule has 0 saturated heterocycles. The second-order valence-electron chi connectivity index (χ2n) is 6.59. The number of methoxy groups -OCH3 is 1. The van der Waals surface area contributed by atoms with Crippen LogP contribution < -0.4 is 14.8 Å². The highest BCUT2D eigenvalue weighted by atomic mass is 32.1. The fourth-order valence-electron chi connectivity index (χ4n) is 2.91. The second-order valence-corrected chi connectivity index (χ2v) is 7.47. The van der Waals surface area contributed by atoms with E-state index in [1.807, 2.05) is 30.3 Å². The molecule has 1 amide bonds. The number of amides is 1. The number of carbonyl (C=O) groups excluding carboxylic acids is 3. The summed E-state index contributed by atoms with van der Waals surface area (Å²) in [7, 11) is 1.49. The maximum Gasteiger partial charge on any atom is 0.344 e. The number of anilines is 1. The Balaban J connectivity index is 1.61. The van der Waals surface area contributed by atoms with E-state index in [0.717, 1.165) is 5.56 Å². The highest BCUT2D eigenvalue weighted by Gasteiger charge is 2.23. The van der Waals surface area contributed by atoms with E-state index in [0.29, 0.717) is 22.1 Å². The molecule has 0 spiro atoms. The Labute approximate surface area is 195 Å². The molecule has 0 fully saturated rings. The first-order valence-corrected chi connectivity index (χ1v) is 11.0. The van der Waals surface area contributed by atoms with Crippen molar-refractivity contribution >= 4 is 34.2 Å². The first-order chi connectivity index (χ1) is 16.0. The predicted octanol–water partition coefficient (Wildman–Crippen LogP) is 4.16. The van der Waals surface area contributed by atoms with Gasteiger partial charge in [-0.3, -0.25) is 4.79 Å². The molecule has 3 aromatic rings. The third-order valence-corrected chi connectivity index (χ3v) is 5.28. The maximum absolute atomic E-state index is 12.6. The van der Waals surface area contributed by atoms with Gasteiger partial charge < -0.3 is 24.3 Å². The van der Waals surface area contributed by atoms with Crippen molar-refractivity contribution in [1.82, 2.24) is 0 Å². The molecule has 3 rings (SSSR count). The Hall–Kier alpha value is -3.85. The van der Waals surface area contributed by atoms with Crippen LogP contribution in [0.1, 0.15) is 17.3 Å². The molecule has 0 atom stereocenters. The average molecular weight is 470 g/mol. The van der Waals surface area contributed by atoms with Gasteiger partial charge in [-0.15, -0.1) is 11.3 Å². The first-order valence-electron chi connectivity index (χ1n) is 10.1. The monoisotopic (exact) mass is 469 g/mol. The van der Waals surface area contributed by atoms with Crippen molar-refractivity contribution in [1.29, 1.82) is 0 Å². The zero-order valence-corrected chi connectivity index (χ0v) is 19.0. The van der Waals surface area contributed by atoms with Crippen molar-refractivity contribution in [3.8, 4) is 22.6 Å². The maximum atomic E-state index is 12.6. The molecule has 0 aliphatic carbocycles. The lowest BCUT2D eigenvalue weighted by Crippen LogP contribution is -2.24. The Kier molecular flexibility index (Phi) is 8.43. The van der Waals surface area contributed by atoms with Crippen molar-refractivity contribution in [2.75, 3.05) is 32.2 Å². The summed E-state index contributed by atoms with van der Waals surface area (Å²) in [4.78, 5) is 36.9. The van der Waals surface area contributed by atoms with E-state index in [2.05, 4.69) is 5.32 Å². The Bertz CT molecular complexity index is 1110. The fraction of sp³-hybridized carbons (Fsp3) is 0.208. The van der Waals surface area contributed by atoms with Gasteiger partial charge in [-0.1, -0.05) is 42.5 Å². The lowest BCUT2D eigenvalue weighted by molar-refractivity contribution is -0.149. The molecule has 0 aliphatic rings. The number of esters is 2. The SMILES string of the molecule is CCOC(=O)c1c(-c2ccccc2)csc1NC(=O)COC(=O)COc1ccccc1OC. The van der Waals surface area contributed by atoms with Crippen LogP contribution in [0.15, 0.2) is 60.0 Å². The zero-order chi connectivity index (χ0) is 23.6. The minimum atomic E-state index is -0.724. The second kappa shape index (κ2) is 11.7. The zero-order valence-electron chi connectivity index (χ0n) is 18.2. The van der Waals surface area contributed by atoms with E-state index < -0.39 is 24.5 Å². The summed E-state index contributed by atoms with van der Waals surface area (Å²) in [6, 6.07) is 16.2. The van der Waals surface area contributed by atoms with Gasteiger partial charge in [-0.05, 0) is 24.6 Å². The number of carbonyl (C=O) groups is 3. The molecule has 0 aliphatic heterocycles. The number of hydrogen-bond donors (Lipinski definition) is 1. The number of benzene rings is 2. The normalized spacial score (nSPS) is 10.2. The van der Waals surface area contributed by atoms with E-state index in [1.54, 1.807) is 36.6 Å². The van der Waals surface area contributed by atoms with Crippen molar-refractivity contribution in [2.45, 2.75) is 6.92 Å². The van der Waals surface area contributed by atoms with Crippen LogP contribution in [0.4, 0.5) is 5.00 Å². The highest BCUT2D eigenvalue weighted by molar-refractivity contribution is 7.15. The fourth-order valence-corrected chi connectivity index (χ4v) is 3.88. The number of rotatable bonds is 10. The predicted molar refractivity (Wildman–Crippen MR) is 124 cm³/mol. The summed E-state index contributed by atoms with van der Waals surface area (Å²) in [5, 5.41) is 4.71. The summed E-state index contributed by atoms with van der Waals surface area (Å²) >= 11 is 1.19. The number of thiophene rings is 1. The summed E-state index contributed by atoms with van der Waals surface area (Å²) in [5.74, 6) is -1.01. The summed E-state index contributed by atoms with van der Waals surface area (Å²) in [6.07, 6.45) is 0. The molecular weight excluding hydrogens is 446 g/mol. The van der Waals surface area contributed by atoms with Crippen LogP contribution in [0.5, 0.6) is 11.5 Å². The van der Waals surface area contributed by atoms with Crippen LogP contribution in [0, 0.1) is 0 Å². The van der Waals surface area contributed by atoms with Crippen molar-refractivity contribution in [2.24, 2.45) is 0 Å². The van der Waals surface area contributed by atoms with E-state index in [1.165, 1.54) is 18.4 Å². The van der Waals surface area contributed by atoms with Gasteiger partial charge in [0.1, 0.15) is 10.6 Å². The highest BCUT2D eigenvalue weighted by Crippen LogP contribution is 2.36. The molecular formula is C24H23NO7S. The minimum absolute atomic E-state index is 0.195. The third-order valence-electron chi connectivity index (χ3n) is 4.39. The molecule has 1 aromatic heterocycles.